The van der Waals surface area contributed by atoms with Crippen LogP contribution in [-0.4, -0.2) is 54.2 Å². The molecule has 0 fully saturated rings. The Labute approximate surface area is 260 Å². The van der Waals surface area contributed by atoms with Crippen LogP contribution in [0.2, 0.25) is 0 Å². The molecule has 4 amide bonds. The third-order valence-corrected chi connectivity index (χ3v) is 9.20. The summed E-state index contributed by atoms with van der Waals surface area (Å²) in [6.07, 6.45) is 14.0. The molecule has 40 heavy (non-hydrogen) atoms. The number of thiophene rings is 2. The van der Waals surface area contributed by atoms with E-state index in [0.29, 0.717) is 34.0 Å². The van der Waals surface area contributed by atoms with Gasteiger partial charge in [-0.1, -0.05) is 78.1 Å². The van der Waals surface area contributed by atoms with E-state index in [1.807, 2.05) is 5.38 Å². The van der Waals surface area contributed by atoms with E-state index in [9.17, 15) is 19.2 Å². The molecule has 2 aromatic heterocycles. The average molecular weight is 668 g/mol. The summed E-state index contributed by atoms with van der Waals surface area (Å²) >= 11 is 9.22. The number of hydrogen-bond acceptors (Lipinski definition) is 8. The van der Waals surface area contributed by atoms with Crippen molar-refractivity contribution in [3.63, 3.8) is 0 Å². The molecule has 4 heterocycles. The summed E-state index contributed by atoms with van der Waals surface area (Å²) in [5.74, 6) is -0.455. The van der Waals surface area contributed by atoms with Crippen molar-refractivity contribution in [2.45, 2.75) is 90.9 Å². The number of imide groups is 2. The van der Waals surface area contributed by atoms with E-state index < -0.39 is 0 Å². The second-order valence-electron chi connectivity index (χ2n) is 9.63. The van der Waals surface area contributed by atoms with E-state index in [-0.39, 0.29) is 23.6 Å². The van der Waals surface area contributed by atoms with Crippen LogP contribution in [0.5, 0.6) is 0 Å². The first-order valence-corrected chi connectivity index (χ1v) is 16.8. The number of unbranched alkanes of at least 4 members (excludes halogenated alkanes) is 10. The number of carbonyl (C=O) groups is 4. The van der Waals surface area contributed by atoms with Crippen molar-refractivity contribution < 1.29 is 19.2 Å². The monoisotopic (exact) mass is 666 g/mol. The Balaban J connectivity index is 0.000000256. The molecule has 2 aliphatic heterocycles. The third-order valence-electron chi connectivity index (χ3n) is 6.67. The van der Waals surface area contributed by atoms with Crippen LogP contribution in [0.4, 0.5) is 0 Å². The fraction of sp³-hybridized carbons (Fsp3) is 0.571. The fourth-order valence-electron chi connectivity index (χ4n) is 4.55. The van der Waals surface area contributed by atoms with Gasteiger partial charge in [-0.2, -0.15) is 0 Å². The molecule has 0 spiro atoms. The van der Waals surface area contributed by atoms with Crippen molar-refractivity contribution in [1.29, 1.82) is 0 Å². The second kappa shape index (κ2) is 18.7. The van der Waals surface area contributed by atoms with Crippen LogP contribution in [0.25, 0.3) is 0 Å². The van der Waals surface area contributed by atoms with E-state index in [2.05, 4.69) is 54.5 Å². The summed E-state index contributed by atoms with van der Waals surface area (Å²) in [5, 5.41) is 1.81. The molecule has 0 saturated heterocycles. The molecule has 0 bridgehead atoms. The van der Waals surface area contributed by atoms with Crippen molar-refractivity contribution >= 4 is 82.7 Å². The Morgan fingerprint density at radius 3 is 1.68 bits per heavy atom. The number of carbonyl (C=O) groups excluding carboxylic acids is 4. The van der Waals surface area contributed by atoms with Crippen molar-refractivity contribution in [3.05, 3.63) is 42.2 Å². The molecule has 0 aliphatic carbocycles. The van der Waals surface area contributed by atoms with Crippen molar-refractivity contribution in [1.82, 2.24) is 9.80 Å². The molecule has 0 atom stereocenters. The summed E-state index contributed by atoms with van der Waals surface area (Å²) in [5.41, 5.74) is 1.16. The standard InChI is InChI=1S/C14H18BrNO2S.C14H19NO2S.BHNS/c1-2-3-4-5-6-7-8-16-13(17)10-9-11(15)19-12(10)14(16)18;1-2-3-4-5-6-7-9-15-13(16)11-8-10-18-12(11)14(15)17;1-2-3/h9H,2-8H2,1H3;8,10H,2-7,9H2,1H3;3H. The zero-order chi connectivity index (χ0) is 29.5. The predicted molar refractivity (Wildman–Crippen MR) is 171 cm³/mol. The molecule has 1 radical (unpaired) electrons. The molecule has 2 aromatic rings. The van der Waals surface area contributed by atoms with Gasteiger partial charge < -0.3 is 0 Å². The summed E-state index contributed by atoms with van der Waals surface area (Å²) in [7, 11) is 4.34. The van der Waals surface area contributed by atoms with E-state index in [1.54, 1.807) is 12.1 Å². The first-order chi connectivity index (χ1) is 19.3. The maximum absolute atomic E-state index is 12.1. The summed E-state index contributed by atoms with van der Waals surface area (Å²) in [6, 6.07) is 3.50. The summed E-state index contributed by atoms with van der Waals surface area (Å²) in [6.45, 7) is 5.52. The maximum atomic E-state index is 12.1. The van der Waals surface area contributed by atoms with Crippen LogP contribution in [0.15, 0.2) is 25.6 Å². The molecular formula is C28H38BBrN3O4S3. The number of thiol groups is 1. The van der Waals surface area contributed by atoms with Gasteiger partial charge in [-0.05, 0) is 46.3 Å². The minimum atomic E-state index is -0.129. The van der Waals surface area contributed by atoms with E-state index in [0.717, 1.165) is 29.5 Å². The third kappa shape index (κ3) is 9.74. The number of fused-ring (bicyclic) bond motifs is 2. The van der Waals surface area contributed by atoms with Crippen LogP contribution in [0.3, 0.4) is 0 Å². The number of rotatable bonds is 14. The first kappa shape index (κ1) is 34.6. The van der Waals surface area contributed by atoms with Gasteiger partial charge in [0.25, 0.3) is 23.6 Å². The van der Waals surface area contributed by atoms with E-state index >= 15 is 0 Å². The van der Waals surface area contributed by atoms with Crippen molar-refractivity contribution in [2.75, 3.05) is 13.1 Å². The van der Waals surface area contributed by atoms with E-state index in [1.165, 1.54) is 83.8 Å². The van der Waals surface area contributed by atoms with Crippen LogP contribution < -0.4 is 0 Å². The van der Waals surface area contributed by atoms with Gasteiger partial charge in [0.05, 0.1) is 14.9 Å². The fourth-order valence-corrected chi connectivity index (χ4v) is 6.92. The zero-order valence-corrected chi connectivity index (χ0v) is 27.4. The van der Waals surface area contributed by atoms with Crippen LogP contribution in [0, 0.1) is 0 Å². The molecule has 7 nitrogen and oxygen atoms in total. The molecular weight excluding hydrogens is 629 g/mol. The van der Waals surface area contributed by atoms with Gasteiger partial charge >= 0.3 is 24.8 Å². The molecule has 12 heteroatoms. The Morgan fingerprint density at radius 1 is 0.750 bits per heavy atom. The van der Waals surface area contributed by atoms with Crippen LogP contribution in [-0.2, 0) is 0 Å². The molecule has 0 saturated carbocycles. The predicted octanol–water partition coefficient (Wildman–Crippen LogP) is 8.36. The number of hydrogen-bond donors (Lipinski definition) is 1. The first-order valence-electron chi connectivity index (χ1n) is 14.0. The molecule has 2 aliphatic rings. The van der Waals surface area contributed by atoms with Gasteiger partial charge in [-0.3, -0.25) is 29.0 Å². The molecule has 0 aromatic carbocycles. The van der Waals surface area contributed by atoms with E-state index in [4.69, 9.17) is 0 Å². The molecule has 0 N–H and O–H groups in total. The van der Waals surface area contributed by atoms with Gasteiger partial charge in [-0.15, -0.1) is 22.7 Å². The van der Waals surface area contributed by atoms with Crippen LogP contribution in [0.1, 0.15) is 131 Å². The SMILES string of the molecule is CCCCCCCCN1C(=O)c2cc(Br)sc2C1=O.CCCCCCCCN1C(=O)c2ccsc2C1=O.[B]=NS. The Morgan fingerprint density at radius 2 is 1.20 bits per heavy atom. The summed E-state index contributed by atoms with van der Waals surface area (Å²) in [4.78, 5) is 52.1. The minimum absolute atomic E-state index is 0.0986. The Hall–Kier alpha value is -1.63. The second-order valence-corrected chi connectivity index (χ2v) is 13.2. The Bertz CT molecular complexity index is 1090. The van der Waals surface area contributed by atoms with Crippen LogP contribution >= 0.6 is 51.4 Å². The quantitative estimate of drug-likeness (QED) is 0.0950. The van der Waals surface area contributed by atoms with Gasteiger partial charge in [0.1, 0.15) is 9.75 Å². The number of amides is 4. The van der Waals surface area contributed by atoms with Gasteiger partial charge in [0, 0.05) is 13.1 Å². The molecule has 217 valence electrons. The van der Waals surface area contributed by atoms with Crippen molar-refractivity contribution in [2.24, 2.45) is 4.30 Å². The summed E-state index contributed by atoms with van der Waals surface area (Å²) < 4.78 is 3.54. The van der Waals surface area contributed by atoms with Gasteiger partial charge in [0.2, 0.25) is 0 Å². The number of nitrogens with zero attached hydrogens (tertiary/aromatic N) is 3. The average Bonchev–Trinajstić information content (AvgIpc) is 3.67. The van der Waals surface area contributed by atoms with Crippen molar-refractivity contribution in [3.8, 4) is 0 Å². The number of halogens is 1. The molecule has 4 rings (SSSR count). The Kier molecular flexibility index (Phi) is 16.2. The zero-order valence-electron chi connectivity index (χ0n) is 23.3. The van der Waals surface area contributed by atoms with Gasteiger partial charge in [-0.25, -0.2) is 0 Å². The topological polar surface area (TPSA) is 87.1 Å². The van der Waals surface area contributed by atoms with Gasteiger partial charge in [0.15, 0.2) is 0 Å². The normalized spacial score (nSPS) is 13.6. The molecule has 0 unspecified atom stereocenters.